The normalized spacial score (nSPS) is 16.6. The van der Waals surface area contributed by atoms with Gasteiger partial charge < -0.3 is 10.6 Å². The number of fused-ring (bicyclic) bond motifs is 1. The Bertz CT molecular complexity index is 486. The van der Waals surface area contributed by atoms with Gasteiger partial charge in [0.2, 0.25) is 0 Å². The van der Waals surface area contributed by atoms with Gasteiger partial charge in [-0.3, -0.25) is 0 Å². The van der Waals surface area contributed by atoms with Crippen LogP contribution in [0.4, 0.5) is 5.82 Å². The number of hydrogen-bond acceptors (Lipinski definition) is 4. The molecule has 0 saturated carbocycles. The van der Waals surface area contributed by atoms with E-state index in [1.54, 1.807) is 6.20 Å². The topological polar surface area (TPSA) is 54.2 Å². The summed E-state index contributed by atoms with van der Waals surface area (Å²) in [7, 11) is 0. The first-order valence-electron chi connectivity index (χ1n) is 5.11. The van der Waals surface area contributed by atoms with Gasteiger partial charge in [0.15, 0.2) is 5.82 Å². The molecule has 1 fully saturated rings. The fraction of sp³-hybridized carbons (Fsp3) is 0.400. The lowest BCUT2D eigenvalue weighted by Crippen LogP contribution is -2.51. The average molecular weight is 203 g/mol. The summed E-state index contributed by atoms with van der Waals surface area (Å²) >= 11 is 0. The van der Waals surface area contributed by atoms with Crippen molar-refractivity contribution in [2.24, 2.45) is 0 Å². The van der Waals surface area contributed by atoms with Crippen molar-refractivity contribution in [2.75, 3.05) is 18.4 Å². The van der Waals surface area contributed by atoms with Gasteiger partial charge in [-0.2, -0.15) is 5.10 Å². The molecule has 3 heterocycles. The number of hydrogen-bond donors (Lipinski definition) is 2. The van der Waals surface area contributed by atoms with E-state index in [1.807, 2.05) is 23.7 Å². The highest BCUT2D eigenvalue weighted by atomic mass is 15.2. The van der Waals surface area contributed by atoms with Crippen molar-refractivity contribution in [3.63, 3.8) is 0 Å². The smallest absolute Gasteiger partial charge is 0.152 e. The number of aryl methyl sites for hydroxylation is 1. The molecule has 2 aromatic rings. The molecule has 2 N–H and O–H groups in total. The highest BCUT2D eigenvalue weighted by Gasteiger charge is 2.17. The molecule has 2 aromatic heterocycles. The van der Waals surface area contributed by atoms with Gasteiger partial charge in [0.1, 0.15) is 5.52 Å². The van der Waals surface area contributed by atoms with E-state index in [4.69, 9.17) is 0 Å². The average Bonchev–Trinajstić information content (AvgIpc) is 2.52. The van der Waals surface area contributed by atoms with Crippen molar-refractivity contribution in [3.05, 3.63) is 24.2 Å². The van der Waals surface area contributed by atoms with E-state index in [1.165, 1.54) is 0 Å². The summed E-state index contributed by atoms with van der Waals surface area (Å²) in [5.74, 6) is 0.921. The third-order valence-corrected chi connectivity index (χ3v) is 2.63. The van der Waals surface area contributed by atoms with E-state index < -0.39 is 0 Å². The Kier molecular flexibility index (Phi) is 1.85. The monoisotopic (exact) mass is 203 g/mol. The summed E-state index contributed by atoms with van der Waals surface area (Å²) in [4.78, 5) is 4.34. The van der Waals surface area contributed by atoms with Crippen molar-refractivity contribution in [3.8, 4) is 0 Å². The minimum Gasteiger partial charge on any atom is -0.363 e. The molecule has 5 nitrogen and oxygen atoms in total. The molecule has 0 spiro atoms. The Morgan fingerprint density at radius 2 is 2.40 bits per heavy atom. The molecule has 0 bridgehead atoms. The van der Waals surface area contributed by atoms with E-state index in [2.05, 4.69) is 20.7 Å². The van der Waals surface area contributed by atoms with Crippen molar-refractivity contribution in [1.29, 1.82) is 0 Å². The van der Waals surface area contributed by atoms with Gasteiger partial charge in [-0.05, 0) is 13.0 Å². The zero-order valence-corrected chi connectivity index (χ0v) is 8.57. The highest BCUT2D eigenvalue weighted by Crippen LogP contribution is 2.16. The van der Waals surface area contributed by atoms with Crippen molar-refractivity contribution in [1.82, 2.24) is 19.9 Å². The molecule has 3 rings (SSSR count). The van der Waals surface area contributed by atoms with Gasteiger partial charge in [-0.15, -0.1) is 0 Å². The number of nitrogens with zero attached hydrogens (tertiary/aromatic N) is 3. The van der Waals surface area contributed by atoms with E-state index in [0.717, 1.165) is 30.1 Å². The highest BCUT2D eigenvalue weighted by molar-refractivity contribution is 5.68. The van der Waals surface area contributed by atoms with Gasteiger partial charge in [-0.25, -0.2) is 9.50 Å². The fourth-order valence-corrected chi connectivity index (χ4v) is 1.74. The third kappa shape index (κ3) is 1.45. The first-order chi connectivity index (χ1) is 7.33. The van der Waals surface area contributed by atoms with Crippen LogP contribution >= 0.6 is 0 Å². The van der Waals surface area contributed by atoms with Crippen LogP contribution < -0.4 is 10.6 Å². The Hall–Kier alpha value is -1.62. The van der Waals surface area contributed by atoms with Crippen molar-refractivity contribution < 1.29 is 0 Å². The van der Waals surface area contributed by atoms with Gasteiger partial charge in [-0.1, -0.05) is 0 Å². The predicted octanol–water partition coefficient (Wildman–Crippen LogP) is 0.421. The van der Waals surface area contributed by atoms with Gasteiger partial charge in [0.05, 0.1) is 11.7 Å². The summed E-state index contributed by atoms with van der Waals surface area (Å²) in [6.07, 6.45) is 3.64. The standard InChI is InChI=1S/C10H13N5/c1-7-4-9-10(13-8-5-11-6-8)12-2-3-15(9)14-7/h2-4,8,11H,5-6H2,1H3,(H,12,13). The quantitative estimate of drug-likeness (QED) is 0.742. The third-order valence-electron chi connectivity index (χ3n) is 2.63. The molecule has 1 saturated heterocycles. The van der Waals surface area contributed by atoms with Crippen molar-refractivity contribution >= 4 is 11.3 Å². The van der Waals surface area contributed by atoms with E-state index >= 15 is 0 Å². The zero-order chi connectivity index (χ0) is 10.3. The van der Waals surface area contributed by atoms with Crippen LogP contribution in [0.5, 0.6) is 0 Å². The van der Waals surface area contributed by atoms with Gasteiger partial charge >= 0.3 is 0 Å². The number of nitrogens with one attached hydrogen (secondary N) is 2. The molecule has 0 atom stereocenters. The molecule has 0 aromatic carbocycles. The summed E-state index contributed by atoms with van der Waals surface area (Å²) in [6, 6.07) is 2.54. The SMILES string of the molecule is Cc1cc2c(NC3CNC3)nccn2n1. The Morgan fingerprint density at radius 3 is 3.13 bits per heavy atom. The lowest BCUT2D eigenvalue weighted by Gasteiger charge is -2.28. The van der Waals surface area contributed by atoms with E-state index in [-0.39, 0.29) is 0 Å². The number of aromatic nitrogens is 3. The maximum Gasteiger partial charge on any atom is 0.152 e. The van der Waals surface area contributed by atoms with Crippen LogP contribution in [0.15, 0.2) is 18.5 Å². The van der Waals surface area contributed by atoms with Crippen molar-refractivity contribution in [2.45, 2.75) is 13.0 Å². The molecule has 0 amide bonds. The summed E-state index contributed by atoms with van der Waals surface area (Å²) in [5.41, 5.74) is 2.06. The summed E-state index contributed by atoms with van der Waals surface area (Å²) < 4.78 is 1.86. The lowest BCUT2D eigenvalue weighted by molar-refractivity contribution is 0.471. The minimum atomic E-state index is 0.499. The van der Waals surface area contributed by atoms with Gasteiger partial charge in [0.25, 0.3) is 0 Å². The number of rotatable bonds is 2. The maximum atomic E-state index is 4.35. The Morgan fingerprint density at radius 1 is 1.53 bits per heavy atom. The first kappa shape index (κ1) is 8.67. The second kappa shape index (κ2) is 3.20. The van der Waals surface area contributed by atoms with Crippen LogP contribution in [0.2, 0.25) is 0 Å². The molecule has 0 radical (unpaired) electrons. The minimum absolute atomic E-state index is 0.499. The first-order valence-corrected chi connectivity index (χ1v) is 5.11. The molecule has 5 heteroatoms. The molecular formula is C10H13N5. The largest absolute Gasteiger partial charge is 0.363 e. The summed E-state index contributed by atoms with van der Waals surface area (Å²) in [6.45, 7) is 4.01. The lowest BCUT2D eigenvalue weighted by atomic mass is 10.2. The predicted molar refractivity (Wildman–Crippen MR) is 58.0 cm³/mol. The maximum absolute atomic E-state index is 4.35. The van der Waals surface area contributed by atoms with Gasteiger partial charge in [0, 0.05) is 25.5 Å². The zero-order valence-electron chi connectivity index (χ0n) is 8.57. The second-order valence-corrected chi connectivity index (χ2v) is 3.89. The molecule has 15 heavy (non-hydrogen) atoms. The molecule has 0 unspecified atom stereocenters. The molecule has 0 aliphatic carbocycles. The second-order valence-electron chi connectivity index (χ2n) is 3.89. The van der Waals surface area contributed by atoms with Crippen LogP contribution in [0.1, 0.15) is 5.69 Å². The fourth-order valence-electron chi connectivity index (χ4n) is 1.74. The van der Waals surface area contributed by atoms with Crippen LogP contribution in [0.3, 0.4) is 0 Å². The molecular weight excluding hydrogens is 190 g/mol. The molecule has 1 aliphatic rings. The Labute approximate surface area is 87.5 Å². The van der Waals surface area contributed by atoms with Crippen LogP contribution in [-0.2, 0) is 0 Å². The molecule has 78 valence electrons. The number of anilines is 1. The Balaban J connectivity index is 2.00. The van der Waals surface area contributed by atoms with Crippen LogP contribution in [-0.4, -0.2) is 33.7 Å². The van der Waals surface area contributed by atoms with Crippen LogP contribution in [0.25, 0.3) is 5.52 Å². The summed E-state index contributed by atoms with van der Waals surface area (Å²) in [5, 5.41) is 11.0. The van der Waals surface area contributed by atoms with Crippen LogP contribution in [0, 0.1) is 6.92 Å². The van der Waals surface area contributed by atoms with E-state index in [9.17, 15) is 0 Å². The molecule has 1 aliphatic heterocycles. The van der Waals surface area contributed by atoms with E-state index in [0.29, 0.717) is 6.04 Å².